The van der Waals surface area contributed by atoms with E-state index in [-0.39, 0.29) is 6.61 Å². The Kier molecular flexibility index (Phi) is 7.06. The van der Waals surface area contributed by atoms with Gasteiger partial charge in [0.1, 0.15) is 6.61 Å². The van der Waals surface area contributed by atoms with Crippen molar-refractivity contribution in [2.75, 3.05) is 13.2 Å². The highest BCUT2D eigenvalue weighted by Crippen LogP contribution is 1.97. The van der Waals surface area contributed by atoms with Gasteiger partial charge >= 0.3 is 5.97 Å². The average molecular weight is 202 g/mol. The normalized spacial score (nSPS) is 12.2. The summed E-state index contributed by atoms with van der Waals surface area (Å²) in [7, 11) is 0. The standard InChI is InChI=1S/C10H18O4/c1-4-5-6-13-9(11)7-14-10(12)8(2)3/h9,11H,2,4-7H2,1,3H3. The van der Waals surface area contributed by atoms with Crippen molar-refractivity contribution in [2.45, 2.75) is 33.0 Å². The van der Waals surface area contributed by atoms with Crippen molar-refractivity contribution >= 4 is 5.97 Å². The van der Waals surface area contributed by atoms with E-state index in [4.69, 9.17) is 4.74 Å². The van der Waals surface area contributed by atoms with E-state index < -0.39 is 12.3 Å². The molecule has 0 aliphatic heterocycles. The molecule has 0 aromatic carbocycles. The van der Waals surface area contributed by atoms with E-state index in [0.29, 0.717) is 12.2 Å². The van der Waals surface area contributed by atoms with E-state index in [1.807, 2.05) is 6.92 Å². The first kappa shape index (κ1) is 13.1. The number of hydrogen-bond donors (Lipinski definition) is 1. The summed E-state index contributed by atoms with van der Waals surface area (Å²) in [6.45, 7) is 7.32. The lowest BCUT2D eigenvalue weighted by Gasteiger charge is -2.11. The minimum absolute atomic E-state index is 0.143. The number of esters is 1. The molecule has 1 N–H and O–H groups in total. The number of hydrogen-bond acceptors (Lipinski definition) is 4. The summed E-state index contributed by atoms with van der Waals surface area (Å²) in [5, 5.41) is 9.18. The largest absolute Gasteiger partial charge is 0.457 e. The van der Waals surface area contributed by atoms with E-state index in [1.54, 1.807) is 6.92 Å². The third-order valence-electron chi connectivity index (χ3n) is 1.51. The monoisotopic (exact) mass is 202 g/mol. The Morgan fingerprint density at radius 1 is 1.57 bits per heavy atom. The molecule has 0 rings (SSSR count). The Morgan fingerprint density at radius 3 is 2.71 bits per heavy atom. The van der Waals surface area contributed by atoms with Crippen LogP contribution < -0.4 is 0 Å². The number of rotatable bonds is 7. The predicted octanol–water partition coefficient (Wildman–Crippen LogP) is 1.24. The molecule has 0 saturated heterocycles. The van der Waals surface area contributed by atoms with E-state index in [9.17, 15) is 9.90 Å². The number of aliphatic hydroxyl groups is 1. The second-order valence-corrected chi connectivity index (χ2v) is 3.06. The van der Waals surface area contributed by atoms with Crippen LogP contribution in [0.1, 0.15) is 26.7 Å². The molecule has 0 fully saturated rings. The summed E-state index contributed by atoms with van der Waals surface area (Å²) in [6.07, 6.45) is 0.842. The molecule has 0 heterocycles. The Bertz CT molecular complexity index is 189. The SMILES string of the molecule is C=C(C)C(=O)OCC(O)OCCCC. The average Bonchev–Trinajstić information content (AvgIpc) is 2.14. The molecule has 0 aliphatic rings. The van der Waals surface area contributed by atoms with E-state index in [0.717, 1.165) is 12.8 Å². The van der Waals surface area contributed by atoms with Crippen LogP contribution in [0.5, 0.6) is 0 Å². The lowest BCUT2D eigenvalue weighted by atomic mass is 10.4. The van der Waals surface area contributed by atoms with Crippen LogP contribution in [0, 0.1) is 0 Å². The van der Waals surface area contributed by atoms with Gasteiger partial charge in [-0.3, -0.25) is 0 Å². The summed E-state index contributed by atoms with van der Waals surface area (Å²) in [6, 6.07) is 0. The molecule has 0 aromatic heterocycles. The van der Waals surface area contributed by atoms with Crippen molar-refractivity contribution < 1.29 is 19.4 Å². The van der Waals surface area contributed by atoms with Crippen LogP contribution in [-0.2, 0) is 14.3 Å². The van der Waals surface area contributed by atoms with Crippen LogP contribution in [-0.4, -0.2) is 30.6 Å². The van der Waals surface area contributed by atoms with Gasteiger partial charge in [0.05, 0.1) is 0 Å². The van der Waals surface area contributed by atoms with Crippen LogP contribution in [0.4, 0.5) is 0 Å². The van der Waals surface area contributed by atoms with E-state index in [2.05, 4.69) is 11.3 Å². The summed E-state index contributed by atoms with van der Waals surface area (Å²) >= 11 is 0. The molecule has 0 bridgehead atoms. The first-order valence-electron chi connectivity index (χ1n) is 4.70. The molecule has 4 nitrogen and oxygen atoms in total. The molecule has 0 spiro atoms. The third kappa shape index (κ3) is 6.62. The summed E-state index contributed by atoms with van der Waals surface area (Å²) in [4.78, 5) is 10.9. The number of aliphatic hydroxyl groups excluding tert-OH is 1. The second-order valence-electron chi connectivity index (χ2n) is 3.06. The van der Waals surface area contributed by atoms with Crippen molar-refractivity contribution in [3.8, 4) is 0 Å². The Labute approximate surface area is 84.5 Å². The summed E-state index contributed by atoms with van der Waals surface area (Å²) < 4.78 is 9.64. The fourth-order valence-electron chi connectivity index (χ4n) is 0.682. The van der Waals surface area contributed by atoms with Gasteiger partial charge in [0.15, 0.2) is 6.29 Å². The number of unbranched alkanes of at least 4 members (excludes halogenated alkanes) is 1. The van der Waals surface area contributed by atoms with Crippen molar-refractivity contribution in [3.63, 3.8) is 0 Å². The van der Waals surface area contributed by atoms with Gasteiger partial charge in [0, 0.05) is 12.2 Å². The van der Waals surface area contributed by atoms with Crippen LogP contribution >= 0.6 is 0 Å². The minimum atomic E-state index is -1.04. The maximum absolute atomic E-state index is 10.9. The maximum atomic E-state index is 10.9. The van der Waals surface area contributed by atoms with Crippen LogP contribution in [0.25, 0.3) is 0 Å². The van der Waals surface area contributed by atoms with E-state index in [1.165, 1.54) is 0 Å². The molecular formula is C10H18O4. The van der Waals surface area contributed by atoms with Gasteiger partial charge in [0.25, 0.3) is 0 Å². The fourth-order valence-corrected chi connectivity index (χ4v) is 0.682. The highest BCUT2D eigenvalue weighted by molar-refractivity contribution is 5.86. The van der Waals surface area contributed by atoms with Gasteiger partial charge in [-0.05, 0) is 13.3 Å². The first-order valence-corrected chi connectivity index (χ1v) is 4.70. The quantitative estimate of drug-likeness (QED) is 0.292. The third-order valence-corrected chi connectivity index (χ3v) is 1.51. The van der Waals surface area contributed by atoms with Crippen molar-refractivity contribution in [3.05, 3.63) is 12.2 Å². The molecule has 0 aromatic rings. The van der Waals surface area contributed by atoms with Gasteiger partial charge in [-0.15, -0.1) is 0 Å². The zero-order valence-corrected chi connectivity index (χ0v) is 8.78. The van der Waals surface area contributed by atoms with Gasteiger partial charge < -0.3 is 14.6 Å². The first-order chi connectivity index (χ1) is 6.57. The molecule has 0 amide bonds. The zero-order chi connectivity index (χ0) is 11.0. The van der Waals surface area contributed by atoms with Gasteiger partial charge in [-0.1, -0.05) is 19.9 Å². The molecule has 4 heteroatoms. The molecular weight excluding hydrogens is 184 g/mol. The predicted molar refractivity (Wildman–Crippen MR) is 52.6 cm³/mol. The lowest BCUT2D eigenvalue weighted by molar-refractivity contribution is -0.162. The summed E-state index contributed by atoms with van der Waals surface area (Å²) in [5.74, 6) is -0.511. The van der Waals surface area contributed by atoms with Crippen LogP contribution in [0.2, 0.25) is 0 Å². The Balaban J connectivity index is 3.48. The molecule has 1 unspecified atom stereocenters. The maximum Gasteiger partial charge on any atom is 0.333 e. The number of ether oxygens (including phenoxy) is 2. The Morgan fingerprint density at radius 2 is 2.21 bits per heavy atom. The zero-order valence-electron chi connectivity index (χ0n) is 8.78. The minimum Gasteiger partial charge on any atom is -0.457 e. The fraction of sp³-hybridized carbons (Fsp3) is 0.700. The summed E-state index contributed by atoms with van der Waals surface area (Å²) in [5.41, 5.74) is 0.311. The van der Waals surface area contributed by atoms with Crippen molar-refractivity contribution in [2.24, 2.45) is 0 Å². The smallest absolute Gasteiger partial charge is 0.333 e. The highest BCUT2D eigenvalue weighted by Gasteiger charge is 2.08. The van der Waals surface area contributed by atoms with Gasteiger partial charge in [0.2, 0.25) is 0 Å². The molecule has 0 aliphatic carbocycles. The van der Waals surface area contributed by atoms with E-state index >= 15 is 0 Å². The van der Waals surface area contributed by atoms with Gasteiger partial charge in [-0.2, -0.15) is 0 Å². The lowest BCUT2D eigenvalue weighted by Crippen LogP contribution is -2.22. The second kappa shape index (κ2) is 7.53. The number of carbonyl (C=O) groups is 1. The molecule has 1 atom stereocenters. The Hall–Kier alpha value is -0.870. The molecule has 0 saturated carbocycles. The van der Waals surface area contributed by atoms with Gasteiger partial charge in [-0.25, -0.2) is 4.79 Å². The molecule has 0 radical (unpaired) electrons. The van der Waals surface area contributed by atoms with Crippen molar-refractivity contribution in [1.29, 1.82) is 0 Å². The topological polar surface area (TPSA) is 55.8 Å². The number of carbonyl (C=O) groups excluding carboxylic acids is 1. The highest BCUT2D eigenvalue weighted by atomic mass is 16.6. The van der Waals surface area contributed by atoms with Crippen LogP contribution in [0.3, 0.4) is 0 Å². The van der Waals surface area contributed by atoms with Crippen molar-refractivity contribution in [1.82, 2.24) is 0 Å². The molecule has 14 heavy (non-hydrogen) atoms. The van der Waals surface area contributed by atoms with Crippen LogP contribution in [0.15, 0.2) is 12.2 Å². The molecule has 82 valence electrons.